The highest BCUT2D eigenvalue weighted by Gasteiger charge is 2.29. The molecule has 29 heavy (non-hydrogen) atoms. The Morgan fingerprint density at radius 2 is 1.86 bits per heavy atom. The van der Waals surface area contributed by atoms with Gasteiger partial charge in [-0.15, -0.1) is 11.3 Å². The second-order valence-electron chi connectivity index (χ2n) is 7.02. The lowest BCUT2D eigenvalue weighted by Crippen LogP contribution is -2.45. The molecule has 1 aromatic carbocycles. The Labute approximate surface area is 173 Å². The van der Waals surface area contributed by atoms with Crippen LogP contribution in [0.5, 0.6) is 0 Å². The molecule has 0 bridgehead atoms. The van der Waals surface area contributed by atoms with E-state index in [0.717, 1.165) is 5.56 Å². The maximum absolute atomic E-state index is 12.5. The molecule has 152 valence electrons. The lowest BCUT2D eigenvalue weighted by molar-refractivity contribution is -0.151. The zero-order valence-electron chi connectivity index (χ0n) is 16.8. The fourth-order valence-electron chi connectivity index (χ4n) is 2.51. The average molecular weight is 413 g/mol. The number of thiazole rings is 1. The van der Waals surface area contributed by atoms with E-state index in [1.165, 1.54) is 11.3 Å². The van der Waals surface area contributed by atoms with Crippen molar-refractivity contribution in [2.24, 2.45) is 5.92 Å². The first-order valence-electron chi connectivity index (χ1n) is 9.11. The van der Waals surface area contributed by atoms with E-state index in [-0.39, 0.29) is 5.92 Å². The predicted octanol–water partition coefficient (Wildman–Crippen LogP) is 2.93. The fourth-order valence-corrected chi connectivity index (χ4v) is 3.37. The van der Waals surface area contributed by atoms with E-state index in [9.17, 15) is 19.6 Å². The highest BCUT2D eigenvalue weighted by atomic mass is 32.1. The minimum Gasteiger partial charge on any atom is -0.456 e. The van der Waals surface area contributed by atoms with Crippen LogP contribution in [0, 0.1) is 31.1 Å². The first-order chi connectivity index (χ1) is 13.7. The standard InChI is InChI=1S/C21H23N3O4S/c1-12(2)18(24-19(26)15-7-5-13(3)6-8-15)21(27)28-10-17(25)16(9-22)20-23-14(4)11-29-20/h5-8,11-12,16,18H,10H2,1-4H3,(H,24,26)/t16-,18-/m1/s1. The highest BCUT2D eigenvalue weighted by Crippen LogP contribution is 2.21. The molecule has 1 amide bonds. The number of ether oxygens (including phenoxy) is 1. The number of benzene rings is 1. The Kier molecular flexibility index (Phi) is 7.62. The Hall–Kier alpha value is -3.05. The van der Waals surface area contributed by atoms with Crippen molar-refractivity contribution >= 4 is 29.0 Å². The van der Waals surface area contributed by atoms with Crippen LogP contribution in [0.25, 0.3) is 0 Å². The molecule has 0 spiro atoms. The van der Waals surface area contributed by atoms with Gasteiger partial charge in [0.2, 0.25) is 0 Å². The first kappa shape index (κ1) is 22.2. The van der Waals surface area contributed by atoms with Crippen LogP contribution in [0.2, 0.25) is 0 Å². The predicted molar refractivity (Wildman–Crippen MR) is 108 cm³/mol. The quantitative estimate of drug-likeness (QED) is 0.667. The largest absolute Gasteiger partial charge is 0.456 e. The summed E-state index contributed by atoms with van der Waals surface area (Å²) < 4.78 is 5.12. The average Bonchev–Trinajstić information content (AvgIpc) is 3.10. The van der Waals surface area contributed by atoms with E-state index in [0.29, 0.717) is 16.3 Å². The number of carbonyl (C=O) groups is 3. The van der Waals surface area contributed by atoms with Crippen molar-refractivity contribution in [3.8, 4) is 6.07 Å². The van der Waals surface area contributed by atoms with Crippen molar-refractivity contribution in [1.29, 1.82) is 5.26 Å². The number of amides is 1. The molecule has 0 aliphatic rings. The van der Waals surface area contributed by atoms with E-state index in [4.69, 9.17) is 4.74 Å². The molecule has 1 aromatic heterocycles. The third-order valence-corrected chi connectivity index (χ3v) is 5.24. The Balaban J connectivity index is 2.00. The smallest absolute Gasteiger partial charge is 0.329 e. The van der Waals surface area contributed by atoms with Gasteiger partial charge < -0.3 is 10.1 Å². The number of aromatic nitrogens is 1. The molecular formula is C21H23N3O4S. The maximum Gasteiger partial charge on any atom is 0.329 e. The second kappa shape index (κ2) is 9.94. The van der Waals surface area contributed by atoms with Gasteiger partial charge in [-0.05, 0) is 31.9 Å². The summed E-state index contributed by atoms with van der Waals surface area (Å²) in [6.45, 7) is 6.65. The summed E-state index contributed by atoms with van der Waals surface area (Å²) in [5.41, 5.74) is 2.16. The van der Waals surface area contributed by atoms with E-state index in [1.807, 2.05) is 13.0 Å². The van der Waals surface area contributed by atoms with Crippen molar-refractivity contribution in [3.63, 3.8) is 0 Å². The van der Waals surface area contributed by atoms with Crippen LogP contribution in [0.3, 0.4) is 0 Å². The minimum absolute atomic E-state index is 0.250. The molecule has 2 rings (SSSR count). The highest BCUT2D eigenvalue weighted by molar-refractivity contribution is 7.09. The summed E-state index contributed by atoms with van der Waals surface area (Å²) >= 11 is 1.21. The topological polar surface area (TPSA) is 109 Å². The molecule has 0 unspecified atom stereocenters. The summed E-state index contributed by atoms with van der Waals surface area (Å²) in [7, 11) is 0. The summed E-state index contributed by atoms with van der Waals surface area (Å²) in [4.78, 5) is 41.4. The Bertz CT molecular complexity index is 928. The van der Waals surface area contributed by atoms with Crippen molar-refractivity contribution in [1.82, 2.24) is 10.3 Å². The lowest BCUT2D eigenvalue weighted by Gasteiger charge is -2.21. The van der Waals surface area contributed by atoms with Gasteiger partial charge in [0.1, 0.15) is 11.0 Å². The summed E-state index contributed by atoms with van der Waals surface area (Å²) in [5, 5.41) is 14.1. The van der Waals surface area contributed by atoms with E-state index in [1.54, 1.807) is 50.4 Å². The molecule has 0 aliphatic carbocycles. The molecule has 7 nitrogen and oxygen atoms in total. The number of Topliss-reactive ketones (excluding diaryl/α,β-unsaturated/α-hetero) is 1. The Morgan fingerprint density at radius 3 is 2.38 bits per heavy atom. The molecule has 1 heterocycles. The molecule has 1 N–H and O–H groups in total. The van der Waals surface area contributed by atoms with Gasteiger partial charge in [-0.25, -0.2) is 9.78 Å². The van der Waals surface area contributed by atoms with E-state index in [2.05, 4.69) is 10.3 Å². The third-order valence-electron chi connectivity index (χ3n) is 4.21. The summed E-state index contributed by atoms with van der Waals surface area (Å²) in [5.74, 6) is -3.01. The molecule has 0 saturated heterocycles. The zero-order valence-corrected chi connectivity index (χ0v) is 17.6. The number of ketones is 1. The lowest BCUT2D eigenvalue weighted by atomic mass is 10.0. The van der Waals surface area contributed by atoms with Crippen molar-refractivity contribution in [3.05, 3.63) is 51.5 Å². The number of esters is 1. The zero-order chi connectivity index (χ0) is 21.6. The van der Waals surface area contributed by atoms with Crippen molar-refractivity contribution < 1.29 is 19.1 Å². The van der Waals surface area contributed by atoms with Gasteiger partial charge in [-0.3, -0.25) is 9.59 Å². The molecular weight excluding hydrogens is 390 g/mol. The van der Waals surface area contributed by atoms with Gasteiger partial charge in [-0.2, -0.15) is 5.26 Å². The van der Waals surface area contributed by atoms with Crippen LogP contribution < -0.4 is 5.32 Å². The van der Waals surface area contributed by atoms with Gasteiger partial charge >= 0.3 is 5.97 Å². The number of hydrogen-bond donors (Lipinski definition) is 1. The fraction of sp³-hybridized carbons (Fsp3) is 0.381. The Morgan fingerprint density at radius 1 is 1.21 bits per heavy atom. The number of nitrogens with zero attached hydrogens (tertiary/aromatic N) is 2. The van der Waals surface area contributed by atoms with Gasteiger partial charge in [0, 0.05) is 16.6 Å². The van der Waals surface area contributed by atoms with Crippen molar-refractivity contribution in [2.45, 2.75) is 39.7 Å². The van der Waals surface area contributed by atoms with Gasteiger partial charge in [0.05, 0.1) is 6.07 Å². The molecule has 0 radical (unpaired) electrons. The summed E-state index contributed by atoms with van der Waals surface area (Å²) in [6, 6.07) is 7.94. The third kappa shape index (κ3) is 5.96. The number of nitriles is 1. The normalized spacial score (nSPS) is 12.7. The second-order valence-corrected chi connectivity index (χ2v) is 7.91. The van der Waals surface area contributed by atoms with Crippen LogP contribution in [-0.4, -0.2) is 35.3 Å². The van der Waals surface area contributed by atoms with E-state index < -0.39 is 36.2 Å². The molecule has 2 atom stereocenters. The van der Waals surface area contributed by atoms with E-state index >= 15 is 0 Å². The number of carbonyl (C=O) groups excluding carboxylic acids is 3. The van der Waals surface area contributed by atoms with Crippen LogP contribution in [0.4, 0.5) is 0 Å². The number of nitrogens with one attached hydrogen (secondary N) is 1. The van der Waals surface area contributed by atoms with Gasteiger partial charge in [-0.1, -0.05) is 31.5 Å². The number of aryl methyl sites for hydroxylation is 2. The molecule has 0 fully saturated rings. The number of hydrogen-bond acceptors (Lipinski definition) is 7. The van der Waals surface area contributed by atoms with Crippen LogP contribution >= 0.6 is 11.3 Å². The molecule has 2 aromatic rings. The SMILES string of the molecule is Cc1ccc(C(=O)N[C@@H](C(=O)OCC(=O)[C@@H](C#N)c2nc(C)cs2)C(C)C)cc1. The number of rotatable bonds is 8. The molecule has 0 aliphatic heterocycles. The first-order valence-corrected chi connectivity index (χ1v) is 9.99. The van der Waals surface area contributed by atoms with Crippen LogP contribution in [-0.2, 0) is 14.3 Å². The molecule has 8 heteroatoms. The maximum atomic E-state index is 12.5. The molecule has 0 saturated carbocycles. The van der Waals surface area contributed by atoms with Gasteiger partial charge in [0.15, 0.2) is 18.3 Å². The van der Waals surface area contributed by atoms with Crippen molar-refractivity contribution in [2.75, 3.05) is 6.61 Å². The summed E-state index contributed by atoms with van der Waals surface area (Å²) in [6.07, 6.45) is 0. The van der Waals surface area contributed by atoms with Crippen LogP contribution in [0.1, 0.15) is 46.4 Å². The van der Waals surface area contributed by atoms with Crippen LogP contribution in [0.15, 0.2) is 29.6 Å². The minimum atomic E-state index is -1.08. The monoisotopic (exact) mass is 413 g/mol. The van der Waals surface area contributed by atoms with Gasteiger partial charge in [0.25, 0.3) is 5.91 Å².